The first-order valence-corrected chi connectivity index (χ1v) is 9.07. The molecule has 1 heterocycles. The van der Waals surface area contributed by atoms with E-state index in [1.54, 1.807) is 30.3 Å². The molecule has 2 aromatic carbocycles. The van der Waals surface area contributed by atoms with Gasteiger partial charge in [-0.2, -0.15) is 0 Å². The average molecular weight is 393 g/mol. The predicted molar refractivity (Wildman–Crippen MR) is 102 cm³/mol. The van der Waals surface area contributed by atoms with Crippen LogP contribution < -0.4 is 15.0 Å². The van der Waals surface area contributed by atoms with E-state index >= 15 is 0 Å². The molecule has 1 atom stereocenters. The van der Waals surface area contributed by atoms with Crippen LogP contribution >= 0.6 is 23.2 Å². The molecular formula is C19H18Cl2N2O3. The number of carbonyl (C=O) groups is 2. The molecule has 2 amide bonds. The zero-order valence-electron chi connectivity index (χ0n) is 14.2. The molecule has 1 aliphatic heterocycles. The number of ether oxygens (including phenoxy) is 1. The lowest BCUT2D eigenvalue weighted by Crippen LogP contribution is -2.50. The summed E-state index contributed by atoms with van der Waals surface area (Å²) in [6, 6.07) is 11.8. The molecule has 3 rings (SSSR count). The van der Waals surface area contributed by atoms with Crippen molar-refractivity contribution in [1.82, 2.24) is 5.32 Å². The van der Waals surface area contributed by atoms with E-state index in [1.165, 1.54) is 11.0 Å². The minimum atomic E-state index is -0.775. The van der Waals surface area contributed by atoms with Gasteiger partial charge in [-0.1, -0.05) is 42.3 Å². The first-order valence-electron chi connectivity index (χ1n) is 8.31. The molecule has 0 unspecified atom stereocenters. The van der Waals surface area contributed by atoms with Crippen molar-refractivity contribution in [3.8, 4) is 5.75 Å². The van der Waals surface area contributed by atoms with Crippen LogP contribution in [0.3, 0.4) is 0 Å². The van der Waals surface area contributed by atoms with Crippen LogP contribution in [0.4, 0.5) is 5.69 Å². The summed E-state index contributed by atoms with van der Waals surface area (Å²) >= 11 is 12.0. The Kier molecular flexibility index (Phi) is 5.69. The van der Waals surface area contributed by atoms with Crippen molar-refractivity contribution in [2.75, 3.05) is 18.0 Å². The van der Waals surface area contributed by atoms with Crippen molar-refractivity contribution in [2.24, 2.45) is 0 Å². The van der Waals surface area contributed by atoms with Gasteiger partial charge in [0, 0.05) is 12.1 Å². The molecule has 0 spiro atoms. The van der Waals surface area contributed by atoms with Crippen molar-refractivity contribution in [3.63, 3.8) is 0 Å². The molecule has 0 saturated heterocycles. The second-order valence-electron chi connectivity index (χ2n) is 5.91. The maximum Gasteiger partial charge on any atom is 0.262 e. The highest BCUT2D eigenvalue weighted by atomic mass is 35.5. The Morgan fingerprint density at radius 3 is 2.69 bits per heavy atom. The minimum absolute atomic E-state index is 0.117. The van der Waals surface area contributed by atoms with Gasteiger partial charge in [0.1, 0.15) is 5.75 Å². The van der Waals surface area contributed by atoms with Crippen LogP contribution in [-0.2, 0) is 4.79 Å². The van der Waals surface area contributed by atoms with Gasteiger partial charge in [-0.05, 0) is 36.8 Å². The summed E-state index contributed by atoms with van der Waals surface area (Å²) in [7, 11) is 0. The van der Waals surface area contributed by atoms with E-state index in [4.69, 9.17) is 27.9 Å². The third-order valence-corrected chi connectivity index (χ3v) is 4.77. The van der Waals surface area contributed by atoms with Gasteiger partial charge < -0.3 is 15.0 Å². The summed E-state index contributed by atoms with van der Waals surface area (Å²) in [6.45, 7) is 2.64. The fourth-order valence-corrected chi connectivity index (χ4v) is 3.01. The van der Waals surface area contributed by atoms with Gasteiger partial charge >= 0.3 is 0 Å². The molecule has 0 saturated carbocycles. The van der Waals surface area contributed by atoms with E-state index in [0.717, 1.165) is 6.42 Å². The van der Waals surface area contributed by atoms with E-state index < -0.39 is 6.10 Å². The molecule has 0 aromatic heterocycles. The van der Waals surface area contributed by atoms with Gasteiger partial charge in [-0.3, -0.25) is 9.59 Å². The maximum absolute atomic E-state index is 13.0. The van der Waals surface area contributed by atoms with Gasteiger partial charge in [0.05, 0.1) is 22.3 Å². The van der Waals surface area contributed by atoms with Crippen LogP contribution in [0, 0.1) is 0 Å². The molecule has 2 aromatic rings. The fraction of sp³-hybridized carbons (Fsp3) is 0.263. The second-order valence-corrected chi connectivity index (χ2v) is 6.72. The molecule has 1 aliphatic rings. The van der Waals surface area contributed by atoms with Gasteiger partial charge in [-0.15, -0.1) is 0 Å². The minimum Gasteiger partial charge on any atom is -0.477 e. The number of para-hydroxylation sites is 2. The summed E-state index contributed by atoms with van der Waals surface area (Å²) in [5.41, 5.74) is 1.01. The Hall–Kier alpha value is -2.24. The Balaban J connectivity index is 1.92. The zero-order chi connectivity index (χ0) is 18.7. The average Bonchev–Trinajstić information content (AvgIpc) is 2.66. The number of carbonyl (C=O) groups excluding carboxylic acids is 2. The number of hydrogen-bond acceptors (Lipinski definition) is 3. The fourth-order valence-electron chi connectivity index (χ4n) is 2.71. The van der Waals surface area contributed by atoms with Crippen molar-refractivity contribution < 1.29 is 14.3 Å². The van der Waals surface area contributed by atoms with Gasteiger partial charge in [0.2, 0.25) is 0 Å². The molecule has 7 heteroatoms. The smallest absolute Gasteiger partial charge is 0.262 e. The number of benzene rings is 2. The number of halogens is 2. The van der Waals surface area contributed by atoms with Crippen molar-refractivity contribution >= 4 is 40.7 Å². The Morgan fingerprint density at radius 1 is 1.19 bits per heavy atom. The van der Waals surface area contributed by atoms with Crippen molar-refractivity contribution in [1.29, 1.82) is 0 Å². The monoisotopic (exact) mass is 392 g/mol. The van der Waals surface area contributed by atoms with E-state index in [-0.39, 0.29) is 18.4 Å². The van der Waals surface area contributed by atoms with Crippen LogP contribution in [0.15, 0.2) is 42.5 Å². The number of rotatable bonds is 4. The lowest BCUT2D eigenvalue weighted by atomic mass is 10.1. The van der Waals surface area contributed by atoms with Crippen molar-refractivity contribution in [3.05, 3.63) is 58.1 Å². The Morgan fingerprint density at radius 2 is 1.96 bits per heavy atom. The van der Waals surface area contributed by atoms with Gasteiger partial charge in [0.15, 0.2) is 6.10 Å². The first-order chi connectivity index (χ1) is 12.5. The van der Waals surface area contributed by atoms with E-state index in [1.807, 2.05) is 13.0 Å². The standard InChI is InChI=1S/C19H18Cl2N2O3/c1-2-9-22-18(24)17-11-23(15-5-3-4-6-16(15)26-17)19(25)12-7-8-13(20)14(21)10-12/h3-8,10,17H,2,9,11H2,1H3,(H,22,24)/t17-/m0/s1. The van der Waals surface area contributed by atoms with Gasteiger partial charge in [0.25, 0.3) is 11.8 Å². The molecule has 5 nitrogen and oxygen atoms in total. The van der Waals surface area contributed by atoms with Crippen LogP contribution in [0.2, 0.25) is 10.0 Å². The topological polar surface area (TPSA) is 58.6 Å². The zero-order valence-corrected chi connectivity index (χ0v) is 15.7. The number of hydrogen-bond donors (Lipinski definition) is 1. The molecule has 0 fully saturated rings. The van der Waals surface area contributed by atoms with E-state index in [2.05, 4.69) is 5.32 Å². The Labute approximate surface area is 161 Å². The summed E-state index contributed by atoms with van der Waals surface area (Å²) in [4.78, 5) is 26.9. The number of amides is 2. The highest BCUT2D eigenvalue weighted by molar-refractivity contribution is 6.42. The third-order valence-electron chi connectivity index (χ3n) is 4.03. The summed E-state index contributed by atoms with van der Waals surface area (Å²) < 4.78 is 5.80. The normalized spacial score (nSPS) is 15.8. The van der Waals surface area contributed by atoms with Crippen LogP contribution in [0.1, 0.15) is 23.7 Å². The number of fused-ring (bicyclic) bond motifs is 1. The first kappa shape index (κ1) is 18.5. The number of nitrogens with one attached hydrogen (secondary N) is 1. The Bertz CT molecular complexity index is 841. The summed E-state index contributed by atoms with van der Waals surface area (Å²) in [5, 5.41) is 3.49. The summed E-state index contributed by atoms with van der Waals surface area (Å²) in [5.74, 6) is -0.0234. The summed E-state index contributed by atoms with van der Waals surface area (Å²) in [6.07, 6.45) is 0.0456. The highest BCUT2D eigenvalue weighted by Gasteiger charge is 2.34. The van der Waals surface area contributed by atoms with E-state index in [9.17, 15) is 9.59 Å². The molecule has 0 bridgehead atoms. The lowest BCUT2D eigenvalue weighted by Gasteiger charge is -2.34. The largest absolute Gasteiger partial charge is 0.477 e. The molecule has 0 aliphatic carbocycles. The molecule has 1 N–H and O–H groups in total. The SMILES string of the molecule is CCCNC(=O)[C@@H]1CN(C(=O)c2ccc(Cl)c(Cl)c2)c2ccccc2O1. The van der Waals surface area contributed by atoms with Crippen LogP contribution in [0.25, 0.3) is 0 Å². The predicted octanol–water partition coefficient (Wildman–Crippen LogP) is 3.93. The quantitative estimate of drug-likeness (QED) is 0.857. The number of nitrogens with zero attached hydrogens (tertiary/aromatic N) is 1. The molecule has 26 heavy (non-hydrogen) atoms. The van der Waals surface area contributed by atoms with Crippen LogP contribution in [0.5, 0.6) is 5.75 Å². The maximum atomic E-state index is 13.0. The number of anilines is 1. The van der Waals surface area contributed by atoms with Gasteiger partial charge in [-0.25, -0.2) is 0 Å². The van der Waals surface area contributed by atoms with Crippen LogP contribution in [-0.4, -0.2) is 31.0 Å². The lowest BCUT2D eigenvalue weighted by molar-refractivity contribution is -0.127. The second kappa shape index (κ2) is 7.98. The molecule has 0 radical (unpaired) electrons. The van der Waals surface area contributed by atoms with E-state index in [0.29, 0.717) is 33.6 Å². The molecular weight excluding hydrogens is 375 g/mol. The molecule has 136 valence electrons. The van der Waals surface area contributed by atoms with Crippen molar-refractivity contribution in [2.45, 2.75) is 19.4 Å². The third kappa shape index (κ3) is 3.79. The highest BCUT2D eigenvalue weighted by Crippen LogP contribution is 2.34.